The Morgan fingerprint density at radius 3 is 2.36 bits per heavy atom. The molecule has 1 aromatic rings. The Hall–Kier alpha value is -1.17. The lowest BCUT2D eigenvalue weighted by molar-refractivity contribution is 0.0617. The predicted octanol–water partition coefficient (Wildman–Crippen LogP) is 2.85. The molecule has 1 N–H and O–H groups in total. The molecule has 4 nitrogen and oxygen atoms in total. The molecular formula is C20H31FN2O2. The van der Waals surface area contributed by atoms with E-state index in [1.54, 1.807) is 0 Å². The Balaban J connectivity index is 1.38. The van der Waals surface area contributed by atoms with Crippen LogP contribution in [0.2, 0.25) is 0 Å². The number of hydrogen-bond acceptors (Lipinski definition) is 4. The highest BCUT2D eigenvalue weighted by atomic mass is 19.1. The fourth-order valence-corrected chi connectivity index (χ4v) is 3.69. The molecule has 25 heavy (non-hydrogen) atoms. The maximum absolute atomic E-state index is 13.2. The quantitative estimate of drug-likeness (QED) is 0.820. The number of halogens is 1. The number of ether oxygens (including phenoxy) is 1. The van der Waals surface area contributed by atoms with Crippen molar-refractivity contribution in [2.75, 3.05) is 39.3 Å². The van der Waals surface area contributed by atoms with Gasteiger partial charge in [-0.3, -0.25) is 4.90 Å². The Bertz CT molecular complexity index is 497. The minimum Gasteiger partial charge on any atom is -0.491 e. The normalized spacial score (nSPS) is 22.0. The molecule has 2 fully saturated rings. The van der Waals surface area contributed by atoms with Crippen molar-refractivity contribution in [1.82, 2.24) is 9.80 Å². The summed E-state index contributed by atoms with van der Waals surface area (Å²) in [6, 6.07) is 8.05. The van der Waals surface area contributed by atoms with Gasteiger partial charge in [0.2, 0.25) is 0 Å². The molecule has 2 aliphatic rings. The zero-order chi connectivity index (χ0) is 17.5. The van der Waals surface area contributed by atoms with Crippen molar-refractivity contribution in [2.45, 2.75) is 50.9 Å². The summed E-state index contributed by atoms with van der Waals surface area (Å²) in [5.74, 6) is 0.795. The van der Waals surface area contributed by atoms with Gasteiger partial charge in [-0.2, -0.15) is 0 Å². The van der Waals surface area contributed by atoms with Gasteiger partial charge in [0.1, 0.15) is 24.6 Å². The second-order valence-electron chi connectivity index (χ2n) is 7.42. The van der Waals surface area contributed by atoms with Crippen molar-refractivity contribution < 1.29 is 14.2 Å². The summed E-state index contributed by atoms with van der Waals surface area (Å²) in [5, 5.41) is 10.2. The molecule has 0 amide bonds. The molecule has 5 heteroatoms. The first-order valence-corrected chi connectivity index (χ1v) is 9.67. The van der Waals surface area contributed by atoms with Gasteiger partial charge in [-0.1, -0.05) is 18.6 Å². The molecule has 0 radical (unpaired) electrons. The van der Waals surface area contributed by atoms with Gasteiger partial charge in [-0.15, -0.1) is 0 Å². The highest BCUT2D eigenvalue weighted by Crippen LogP contribution is 2.18. The summed E-state index contributed by atoms with van der Waals surface area (Å²) in [5.41, 5.74) is 1.22. The second-order valence-corrected chi connectivity index (χ2v) is 7.42. The second kappa shape index (κ2) is 9.51. The molecule has 1 aromatic carbocycles. The third-order valence-electron chi connectivity index (χ3n) is 5.21. The number of aliphatic hydroxyl groups excluding tert-OH is 1. The lowest BCUT2D eigenvalue weighted by atomic mass is 10.1. The first kappa shape index (κ1) is 18.6. The van der Waals surface area contributed by atoms with Gasteiger partial charge in [0.05, 0.1) is 0 Å². The molecule has 0 unspecified atom stereocenters. The number of β-amino-alcohol motifs (C(OH)–C–C–N with tert-alkyl or cyclic N) is 1. The topological polar surface area (TPSA) is 35.9 Å². The zero-order valence-electron chi connectivity index (χ0n) is 15.1. The molecule has 0 aromatic heterocycles. The Morgan fingerprint density at radius 2 is 1.68 bits per heavy atom. The van der Waals surface area contributed by atoms with E-state index in [0.29, 0.717) is 26.0 Å². The zero-order valence-corrected chi connectivity index (χ0v) is 15.1. The Kier molecular flexibility index (Phi) is 7.08. The summed E-state index contributed by atoms with van der Waals surface area (Å²) >= 11 is 0. The van der Waals surface area contributed by atoms with Crippen LogP contribution in [-0.2, 0) is 6.54 Å². The molecule has 0 spiro atoms. The average Bonchev–Trinajstić information content (AvgIpc) is 2.64. The molecular weight excluding hydrogens is 319 g/mol. The minimum atomic E-state index is -0.622. The molecule has 1 atom stereocenters. The van der Waals surface area contributed by atoms with Crippen molar-refractivity contribution in [2.24, 2.45) is 0 Å². The van der Waals surface area contributed by atoms with E-state index in [2.05, 4.69) is 21.9 Å². The van der Waals surface area contributed by atoms with Crippen LogP contribution in [-0.4, -0.2) is 66.5 Å². The third-order valence-corrected chi connectivity index (χ3v) is 5.21. The van der Waals surface area contributed by atoms with Gasteiger partial charge in [-0.25, -0.2) is 4.39 Å². The van der Waals surface area contributed by atoms with Crippen LogP contribution in [0.1, 0.15) is 37.7 Å². The highest BCUT2D eigenvalue weighted by molar-refractivity contribution is 5.27. The maximum Gasteiger partial charge on any atom is 0.119 e. The first-order valence-electron chi connectivity index (χ1n) is 9.67. The standard InChI is InChI=1S/C20H31FN2O2/c21-18-8-12-23(13-9-18)14-17-4-6-20(7-5-17)25-16-19(24)15-22-10-2-1-3-11-22/h4-7,18-19,24H,1-3,8-16H2/t19-/m1/s1. The number of alkyl halides is 1. The van der Waals surface area contributed by atoms with Gasteiger partial charge in [-0.05, 0) is 56.5 Å². The van der Waals surface area contributed by atoms with E-state index >= 15 is 0 Å². The predicted molar refractivity (Wildman–Crippen MR) is 97.6 cm³/mol. The third kappa shape index (κ3) is 6.24. The summed E-state index contributed by atoms with van der Waals surface area (Å²) < 4.78 is 18.9. The van der Waals surface area contributed by atoms with Crippen molar-refractivity contribution >= 4 is 0 Å². The van der Waals surface area contributed by atoms with Crippen LogP contribution in [0.25, 0.3) is 0 Å². The molecule has 3 rings (SSSR count). The van der Waals surface area contributed by atoms with E-state index in [-0.39, 0.29) is 0 Å². The van der Waals surface area contributed by atoms with Crippen molar-refractivity contribution in [3.8, 4) is 5.75 Å². The van der Waals surface area contributed by atoms with Gasteiger partial charge in [0, 0.05) is 26.2 Å². The molecule has 140 valence electrons. The molecule has 0 bridgehead atoms. The van der Waals surface area contributed by atoms with Crippen LogP contribution < -0.4 is 4.74 Å². The van der Waals surface area contributed by atoms with Crippen LogP contribution in [0.4, 0.5) is 4.39 Å². The van der Waals surface area contributed by atoms with Crippen molar-refractivity contribution in [1.29, 1.82) is 0 Å². The number of rotatable bonds is 7. The van der Waals surface area contributed by atoms with Crippen LogP contribution in [0.5, 0.6) is 5.75 Å². The molecule has 0 saturated carbocycles. The lowest BCUT2D eigenvalue weighted by Gasteiger charge is -2.28. The number of aliphatic hydroxyl groups is 1. The van der Waals surface area contributed by atoms with Crippen LogP contribution >= 0.6 is 0 Å². The average molecular weight is 350 g/mol. The fourth-order valence-electron chi connectivity index (χ4n) is 3.69. The van der Waals surface area contributed by atoms with Gasteiger partial charge in [0.25, 0.3) is 0 Å². The largest absolute Gasteiger partial charge is 0.491 e. The smallest absolute Gasteiger partial charge is 0.119 e. The minimum absolute atomic E-state index is 0.333. The van der Waals surface area contributed by atoms with Gasteiger partial charge < -0.3 is 14.7 Å². The van der Waals surface area contributed by atoms with E-state index in [9.17, 15) is 9.50 Å². The first-order chi connectivity index (χ1) is 12.2. The Morgan fingerprint density at radius 1 is 1.00 bits per heavy atom. The number of likely N-dealkylation sites (tertiary alicyclic amines) is 2. The van der Waals surface area contributed by atoms with E-state index < -0.39 is 12.3 Å². The van der Waals surface area contributed by atoms with Crippen molar-refractivity contribution in [3.05, 3.63) is 29.8 Å². The summed E-state index contributed by atoms with van der Waals surface area (Å²) in [4.78, 5) is 4.62. The summed E-state index contributed by atoms with van der Waals surface area (Å²) in [6.45, 7) is 5.74. The summed E-state index contributed by atoms with van der Waals surface area (Å²) in [7, 11) is 0. The number of benzene rings is 1. The molecule has 2 saturated heterocycles. The lowest BCUT2D eigenvalue weighted by Crippen LogP contribution is -2.38. The van der Waals surface area contributed by atoms with Crippen molar-refractivity contribution in [3.63, 3.8) is 0 Å². The summed E-state index contributed by atoms with van der Waals surface area (Å²) in [6.07, 6.45) is 4.01. The molecule has 2 aliphatic heterocycles. The van der Waals surface area contributed by atoms with Crippen LogP contribution in [0.3, 0.4) is 0 Å². The van der Waals surface area contributed by atoms with E-state index in [0.717, 1.165) is 38.5 Å². The SMILES string of the molecule is O[C@@H](COc1ccc(CN2CCC(F)CC2)cc1)CN1CCCCC1. The molecule has 2 heterocycles. The van der Waals surface area contributed by atoms with Crippen LogP contribution in [0.15, 0.2) is 24.3 Å². The van der Waals surface area contributed by atoms with E-state index in [4.69, 9.17) is 4.74 Å². The van der Waals surface area contributed by atoms with Gasteiger partial charge in [0.15, 0.2) is 0 Å². The number of hydrogen-bond donors (Lipinski definition) is 1. The highest BCUT2D eigenvalue weighted by Gasteiger charge is 2.18. The van der Waals surface area contributed by atoms with E-state index in [1.807, 2.05) is 12.1 Å². The monoisotopic (exact) mass is 350 g/mol. The number of nitrogens with zero attached hydrogens (tertiary/aromatic N) is 2. The van der Waals surface area contributed by atoms with Crippen LogP contribution in [0, 0.1) is 0 Å². The van der Waals surface area contributed by atoms with E-state index in [1.165, 1.54) is 24.8 Å². The fraction of sp³-hybridized carbons (Fsp3) is 0.700. The Labute approximate surface area is 150 Å². The molecule has 0 aliphatic carbocycles. The number of piperidine rings is 2. The van der Waals surface area contributed by atoms with Gasteiger partial charge >= 0.3 is 0 Å². The maximum atomic E-state index is 13.2.